The molecule has 0 aliphatic heterocycles. The van der Waals surface area contributed by atoms with E-state index in [1.54, 1.807) is 6.07 Å². The third-order valence-corrected chi connectivity index (χ3v) is 2.86. The average molecular weight is 327 g/mol. The van der Waals surface area contributed by atoms with Gasteiger partial charge in [0.05, 0.1) is 26.0 Å². The molecule has 7 heteroatoms. The molecule has 0 spiro atoms. The van der Waals surface area contributed by atoms with E-state index < -0.39 is 11.9 Å². The minimum atomic E-state index is -0.549. The van der Waals surface area contributed by atoms with Gasteiger partial charge in [0.1, 0.15) is 17.7 Å². The average Bonchev–Trinajstić information content (AvgIpc) is 2.40. The van der Waals surface area contributed by atoms with Crippen LogP contribution in [0.4, 0.5) is 5.69 Å². The van der Waals surface area contributed by atoms with Crippen molar-refractivity contribution in [3.8, 4) is 11.8 Å². The lowest BCUT2D eigenvalue weighted by atomic mass is 10.1. The maximum atomic E-state index is 11.5. The second-order valence-corrected chi connectivity index (χ2v) is 4.26. The van der Waals surface area contributed by atoms with Crippen molar-refractivity contribution in [2.24, 2.45) is 0 Å². The SMILES string of the molecule is COC(=O)c1cc(Br)c(NC(=O)CC#N)cc1OC. The highest BCUT2D eigenvalue weighted by atomic mass is 79.9. The van der Waals surface area contributed by atoms with E-state index in [-0.39, 0.29) is 17.7 Å². The van der Waals surface area contributed by atoms with Crippen LogP contribution >= 0.6 is 15.9 Å². The Balaban J connectivity index is 3.13. The maximum absolute atomic E-state index is 11.5. The van der Waals surface area contributed by atoms with Gasteiger partial charge in [0.25, 0.3) is 0 Å². The molecule has 0 unspecified atom stereocenters. The fourth-order valence-corrected chi connectivity index (χ4v) is 1.80. The molecule has 0 atom stereocenters. The van der Waals surface area contributed by atoms with Crippen LogP contribution in [0.25, 0.3) is 0 Å². The molecule has 0 fully saturated rings. The molecule has 0 radical (unpaired) electrons. The zero-order chi connectivity index (χ0) is 14.4. The molecular formula is C12H11BrN2O4. The first kappa shape index (κ1) is 15.0. The summed E-state index contributed by atoms with van der Waals surface area (Å²) >= 11 is 3.23. The van der Waals surface area contributed by atoms with Crippen LogP contribution in [0.2, 0.25) is 0 Å². The number of hydrogen-bond donors (Lipinski definition) is 1. The van der Waals surface area contributed by atoms with Gasteiger partial charge < -0.3 is 14.8 Å². The number of amides is 1. The van der Waals surface area contributed by atoms with Crippen LogP contribution in [0.15, 0.2) is 16.6 Å². The van der Waals surface area contributed by atoms with Gasteiger partial charge in [-0.3, -0.25) is 4.79 Å². The fraction of sp³-hybridized carbons (Fsp3) is 0.250. The van der Waals surface area contributed by atoms with Crippen LogP contribution in [0.5, 0.6) is 5.75 Å². The topological polar surface area (TPSA) is 88.4 Å². The summed E-state index contributed by atoms with van der Waals surface area (Å²) < 4.78 is 10.2. The first-order valence-corrected chi connectivity index (χ1v) is 5.95. The molecule has 0 bridgehead atoms. The van der Waals surface area contributed by atoms with E-state index in [9.17, 15) is 9.59 Å². The Morgan fingerprint density at radius 1 is 1.42 bits per heavy atom. The van der Waals surface area contributed by atoms with Crippen molar-refractivity contribution >= 4 is 33.5 Å². The van der Waals surface area contributed by atoms with Crippen molar-refractivity contribution in [1.82, 2.24) is 0 Å². The fourth-order valence-electron chi connectivity index (χ4n) is 1.35. The summed E-state index contributed by atoms with van der Waals surface area (Å²) in [7, 11) is 2.66. The highest BCUT2D eigenvalue weighted by Gasteiger charge is 2.17. The number of anilines is 1. The van der Waals surface area contributed by atoms with E-state index in [1.165, 1.54) is 26.4 Å². The number of nitrogens with one attached hydrogen (secondary N) is 1. The third-order valence-electron chi connectivity index (χ3n) is 2.21. The number of carbonyl (C=O) groups is 2. The van der Waals surface area contributed by atoms with Gasteiger partial charge in [0, 0.05) is 10.5 Å². The minimum Gasteiger partial charge on any atom is -0.496 e. The Bertz CT molecular complexity index is 551. The highest BCUT2D eigenvalue weighted by molar-refractivity contribution is 9.10. The van der Waals surface area contributed by atoms with Crippen molar-refractivity contribution in [3.63, 3.8) is 0 Å². The Kier molecular flexibility index (Phi) is 5.33. The molecule has 19 heavy (non-hydrogen) atoms. The van der Waals surface area contributed by atoms with Crippen LogP contribution in [-0.2, 0) is 9.53 Å². The number of nitriles is 1. The van der Waals surface area contributed by atoms with E-state index in [0.717, 1.165) is 0 Å². The molecule has 0 aliphatic carbocycles. The van der Waals surface area contributed by atoms with E-state index in [2.05, 4.69) is 26.0 Å². The van der Waals surface area contributed by atoms with E-state index >= 15 is 0 Å². The van der Waals surface area contributed by atoms with Gasteiger partial charge in [0.2, 0.25) is 5.91 Å². The first-order valence-electron chi connectivity index (χ1n) is 5.16. The molecule has 0 saturated carbocycles. The van der Waals surface area contributed by atoms with Crippen LogP contribution in [0.1, 0.15) is 16.8 Å². The minimum absolute atomic E-state index is 0.232. The summed E-state index contributed by atoms with van der Waals surface area (Å²) in [5.41, 5.74) is 0.639. The molecule has 0 aromatic heterocycles. The predicted molar refractivity (Wildman–Crippen MR) is 70.9 cm³/mol. The van der Waals surface area contributed by atoms with Crippen molar-refractivity contribution in [3.05, 3.63) is 22.2 Å². The first-order chi connectivity index (χ1) is 9.03. The molecular weight excluding hydrogens is 316 g/mol. The van der Waals surface area contributed by atoms with Crippen LogP contribution < -0.4 is 10.1 Å². The maximum Gasteiger partial charge on any atom is 0.341 e. The van der Waals surface area contributed by atoms with Gasteiger partial charge in [0.15, 0.2) is 0 Å². The number of ether oxygens (including phenoxy) is 2. The molecule has 0 aliphatic rings. The van der Waals surface area contributed by atoms with Crippen LogP contribution in [0.3, 0.4) is 0 Å². The zero-order valence-electron chi connectivity index (χ0n) is 10.3. The predicted octanol–water partition coefficient (Wildman–Crippen LogP) is 2.10. The molecule has 1 rings (SSSR count). The zero-order valence-corrected chi connectivity index (χ0v) is 11.9. The quantitative estimate of drug-likeness (QED) is 0.856. The summed E-state index contributed by atoms with van der Waals surface area (Å²) in [6, 6.07) is 4.70. The summed E-state index contributed by atoms with van der Waals surface area (Å²) in [4.78, 5) is 22.9. The van der Waals surface area contributed by atoms with Crippen molar-refractivity contribution in [1.29, 1.82) is 5.26 Å². The monoisotopic (exact) mass is 326 g/mol. The standard InChI is InChI=1S/C12H11BrN2O4/c1-18-10-6-9(15-11(16)3-4-14)8(13)5-7(10)12(17)19-2/h5-6H,3H2,1-2H3,(H,15,16). The van der Waals surface area contributed by atoms with Crippen molar-refractivity contribution in [2.45, 2.75) is 6.42 Å². The number of esters is 1. The van der Waals surface area contributed by atoms with Gasteiger partial charge in [-0.05, 0) is 22.0 Å². The largest absolute Gasteiger partial charge is 0.496 e. The Hall–Kier alpha value is -2.07. The summed E-state index contributed by atoms with van der Waals surface area (Å²) in [6.07, 6.45) is -0.256. The number of hydrogen-bond acceptors (Lipinski definition) is 5. The molecule has 1 aromatic rings. The van der Waals surface area contributed by atoms with Crippen molar-refractivity contribution in [2.75, 3.05) is 19.5 Å². The third kappa shape index (κ3) is 3.69. The smallest absolute Gasteiger partial charge is 0.341 e. The summed E-state index contributed by atoms with van der Waals surface area (Å²) in [5.74, 6) is -0.731. The van der Waals surface area contributed by atoms with Crippen LogP contribution in [-0.4, -0.2) is 26.1 Å². The molecule has 0 heterocycles. The lowest BCUT2D eigenvalue weighted by Gasteiger charge is -2.12. The molecule has 1 N–H and O–H groups in total. The molecule has 0 saturated heterocycles. The Labute approximate surface area is 118 Å². The lowest BCUT2D eigenvalue weighted by molar-refractivity contribution is -0.115. The number of carbonyl (C=O) groups excluding carboxylic acids is 2. The molecule has 1 amide bonds. The number of nitrogens with zero attached hydrogens (tertiary/aromatic N) is 1. The number of halogens is 1. The van der Waals surface area contributed by atoms with Gasteiger partial charge in [-0.1, -0.05) is 0 Å². The highest BCUT2D eigenvalue weighted by Crippen LogP contribution is 2.31. The Morgan fingerprint density at radius 2 is 2.11 bits per heavy atom. The number of benzene rings is 1. The van der Waals surface area contributed by atoms with E-state index in [4.69, 9.17) is 10.00 Å². The number of rotatable bonds is 4. The van der Waals surface area contributed by atoms with Gasteiger partial charge >= 0.3 is 5.97 Å². The second-order valence-electron chi connectivity index (χ2n) is 3.41. The van der Waals surface area contributed by atoms with Gasteiger partial charge in [-0.25, -0.2) is 4.79 Å². The van der Waals surface area contributed by atoms with E-state index in [1.807, 2.05) is 0 Å². The Morgan fingerprint density at radius 3 is 2.63 bits per heavy atom. The number of methoxy groups -OCH3 is 2. The van der Waals surface area contributed by atoms with Gasteiger partial charge in [-0.15, -0.1) is 0 Å². The second kappa shape index (κ2) is 6.75. The summed E-state index contributed by atoms with van der Waals surface area (Å²) in [6.45, 7) is 0. The molecule has 6 nitrogen and oxygen atoms in total. The molecule has 1 aromatic carbocycles. The normalized spacial score (nSPS) is 9.37. The van der Waals surface area contributed by atoms with Crippen LogP contribution in [0, 0.1) is 11.3 Å². The summed E-state index contributed by atoms with van der Waals surface area (Å²) in [5, 5.41) is 11.0. The van der Waals surface area contributed by atoms with Gasteiger partial charge in [-0.2, -0.15) is 5.26 Å². The van der Waals surface area contributed by atoms with Crippen molar-refractivity contribution < 1.29 is 19.1 Å². The van der Waals surface area contributed by atoms with E-state index in [0.29, 0.717) is 10.2 Å². The molecule has 100 valence electrons. The lowest BCUT2D eigenvalue weighted by Crippen LogP contribution is -2.12.